The zero-order valence-corrected chi connectivity index (χ0v) is 18.2. The van der Waals surface area contributed by atoms with E-state index in [1.54, 1.807) is 0 Å². The molecule has 22 heteroatoms. The number of hydrogen-bond donors (Lipinski definition) is 6. The number of fused-ring (bicyclic) bond motifs is 1. The van der Waals surface area contributed by atoms with Crippen LogP contribution in [0.4, 0.5) is 10.2 Å². The van der Waals surface area contributed by atoms with Gasteiger partial charge in [-0.3, -0.25) is 13.6 Å². The second-order valence-electron chi connectivity index (χ2n) is 5.94. The summed E-state index contributed by atoms with van der Waals surface area (Å²) in [6.45, 7) is 0. The Morgan fingerprint density at radius 3 is 2.41 bits per heavy atom. The third-order valence-corrected chi connectivity index (χ3v) is 7.97. The zero-order valence-electron chi connectivity index (χ0n) is 15.5. The maximum absolute atomic E-state index is 13.5. The van der Waals surface area contributed by atoms with Gasteiger partial charge in [0.1, 0.15) is 12.2 Å². The van der Waals surface area contributed by atoms with E-state index in [4.69, 9.17) is 24.8 Å². The highest BCUT2D eigenvalue weighted by atomic mass is 31.3. The molecule has 1 aliphatic heterocycles. The largest absolute Gasteiger partial charge is 0.490 e. The number of nitrogens with two attached hydrogens (primary N) is 1. The van der Waals surface area contributed by atoms with Gasteiger partial charge in [-0.2, -0.15) is 23.0 Å². The van der Waals surface area contributed by atoms with Gasteiger partial charge in [-0.05, 0) is 0 Å². The van der Waals surface area contributed by atoms with Gasteiger partial charge in [-0.25, -0.2) is 18.7 Å². The van der Waals surface area contributed by atoms with Crippen molar-refractivity contribution in [2.75, 3.05) is 12.8 Å². The van der Waals surface area contributed by atoms with Crippen molar-refractivity contribution < 1.29 is 65.4 Å². The van der Waals surface area contributed by atoms with Gasteiger partial charge in [-0.1, -0.05) is 0 Å². The lowest BCUT2D eigenvalue weighted by Gasteiger charge is -2.22. The highest BCUT2D eigenvalue weighted by molar-refractivity contribution is 7.66. The van der Waals surface area contributed by atoms with Crippen LogP contribution < -0.4 is 5.73 Å². The van der Waals surface area contributed by atoms with Gasteiger partial charge in [0, 0.05) is 7.11 Å². The molecular formula is C10H15FN5O13P3. The molecule has 0 spiro atoms. The lowest BCUT2D eigenvalue weighted by atomic mass is 10.2. The third-order valence-electron chi connectivity index (χ3n) is 3.76. The summed E-state index contributed by atoms with van der Waals surface area (Å²) in [4.78, 5) is 37.1. The summed E-state index contributed by atoms with van der Waals surface area (Å²) in [6, 6.07) is 0. The molecule has 6 atom stereocenters. The third kappa shape index (κ3) is 5.37. The van der Waals surface area contributed by atoms with Crippen molar-refractivity contribution in [1.29, 1.82) is 0 Å². The van der Waals surface area contributed by atoms with Gasteiger partial charge < -0.3 is 35.4 Å². The fourth-order valence-corrected chi connectivity index (χ4v) is 5.95. The van der Waals surface area contributed by atoms with Crippen molar-refractivity contribution in [2.45, 2.75) is 24.7 Å². The molecule has 180 valence electrons. The molecule has 3 heterocycles. The first-order chi connectivity index (χ1) is 14.6. The van der Waals surface area contributed by atoms with E-state index >= 15 is 0 Å². The molecule has 0 amide bonds. The number of phosphoric ester groups is 1. The molecule has 7 N–H and O–H groups in total. The van der Waals surface area contributed by atoms with Crippen LogP contribution in [0.15, 0.2) is 6.33 Å². The first-order valence-corrected chi connectivity index (χ1v) is 12.5. The summed E-state index contributed by atoms with van der Waals surface area (Å²) >= 11 is 0. The van der Waals surface area contributed by atoms with E-state index in [9.17, 15) is 33.2 Å². The van der Waals surface area contributed by atoms with Crippen LogP contribution in [0, 0.1) is 6.08 Å². The number of halogens is 1. The van der Waals surface area contributed by atoms with Crippen LogP contribution >= 0.6 is 23.5 Å². The molecule has 2 aromatic rings. The van der Waals surface area contributed by atoms with Crippen molar-refractivity contribution in [3.63, 3.8) is 0 Å². The van der Waals surface area contributed by atoms with Crippen molar-refractivity contribution in [1.82, 2.24) is 19.5 Å². The number of nitrogens with zero attached hydrogens (tertiary/aromatic N) is 4. The molecule has 0 aromatic carbocycles. The minimum atomic E-state index is -5.71. The molecule has 1 saturated heterocycles. The van der Waals surface area contributed by atoms with Crippen molar-refractivity contribution >= 4 is 40.4 Å². The van der Waals surface area contributed by atoms with Crippen LogP contribution in [0.5, 0.6) is 0 Å². The Kier molecular flexibility index (Phi) is 6.88. The van der Waals surface area contributed by atoms with Crippen LogP contribution in [0.2, 0.25) is 0 Å². The lowest BCUT2D eigenvalue weighted by molar-refractivity contribution is -0.134. The molecular weight excluding hydrogens is 510 g/mol. The molecule has 2 aromatic heterocycles. The predicted octanol–water partition coefficient (Wildman–Crippen LogP) is -0.878. The van der Waals surface area contributed by atoms with Gasteiger partial charge >= 0.3 is 29.5 Å². The number of nitrogen functional groups attached to an aromatic ring is 1. The summed E-state index contributed by atoms with van der Waals surface area (Å²) in [5.74, 6) is -0.340. The number of aromatic nitrogens is 4. The van der Waals surface area contributed by atoms with E-state index in [0.29, 0.717) is 7.11 Å². The van der Waals surface area contributed by atoms with E-state index in [0.717, 1.165) is 10.9 Å². The van der Waals surface area contributed by atoms with E-state index in [1.807, 2.05) is 0 Å². The Morgan fingerprint density at radius 1 is 1.16 bits per heavy atom. The second kappa shape index (κ2) is 8.73. The van der Waals surface area contributed by atoms with Gasteiger partial charge in [0.05, 0.1) is 6.33 Å². The number of imidazole rings is 1. The molecule has 0 bridgehead atoms. The fourth-order valence-electron chi connectivity index (χ4n) is 2.54. The number of anilines is 1. The van der Waals surface area contributed by atoms with Crippen LogP contribution in [0.1, 0.15) is 6.23 Å². The molecule has 0 radical (unpaired) electrons. The topological polar surface area (TPSA) is 268 Å². The second-order valence-corrected chi connectivity index (χ2v) is 10.6. The highest BCUT2D eigenvalue weighted by Gasteiger charge is 2.51. The first kappa shape index (κ1) is 25.2. The maximum Gasteiger partial charge on any atom is 0.490 e. The van der Waals surface area contributed by atoms with Gasteiger partial charge in [0.15, 0.2) is 29.5 Å². The average Bonchev–Trinajstić information content (AvgIpc) is 3.15. The quantitative estimate of drug-likeness (QED) is 0.180. The number of phosphoric acid groups is 3. The predicted molar refractivity (Wildman–Crippen MR) is 95.4 cm³/mol. The summed E-state index contributed by atoms with van der Waals surface area (Å²) in [6.07, 6.45) is -7.76. The summed E-state index contributed by atoms with van der Waals surface area (Å²) in [5.41, 5.74) is 5.19. The van der Waals surface area contributed by atoms with E-state index < -0.39 is 54.3 Å². The number of rotatable bonds is 8. The van der Waals surface area contributed by atoms with E-state index in [-0.39, 0.29) is 17.0 Å². The molecule has 3 rings (SSSR count). The normalized spacial score (nSPS) is 28.0. The molecule has 2 unspecified atom stereocenters. The number of aliphatic hydroxyl groups is 2. The van der Waals surface area contributed by atoms with Crippen molar-refractivity contribution in [3.05, 3.63) is 12.4 Å². The maximum atomic E-state index is 13.5. The van der Waals surface area contributed by atoms with Crippen molar-refractivity contribution in [2.24, 2.45) is 0 Å². The minimum absolute atomic E-state index is 0.0808. The van der Waals surface area contributed by atoms with Crippen LogP contribution in [-0.2, 0) is 36.1 Å². The summed E-state index contributed by atoms with van der Waals surface area (Å²) in [5, 5.41) is 20.4. The molecule has 32 heavy (non-hydrogen) atoms. The Morgan fingerprint density at radius 2 is 1.81 bits per heavy atom. The minimum Gasteiger partial charge on any atom is -0.385 e. The number of hydrogen-bond acceptors (Lipinski definition) is 14. The SMILES string of the molecule is COP(=O)(O[C@H]1O[C@@H](n2cnc3c(N)nc(F)nc32)[C@H](O)[C@@H]1O)OP(=O)(O)OP(=O)(O)O. The average molecular weight is 525 g/mol. The Hall–Kier alpha value is -1.43. The standard InChI is InChI=1S/C10H15FN5O13P3/c1-25-32(24,29-31(22,23)28-30(19,20)21)27-9-5(18)4(17)8(26-9)16-2-13-3-6(12)14-10(11)15-7(3)16/h2,4-5,8-9,17-18H,1H3,(H,22,23)(H2,12,14,15)(H2,19,20,21)/t4-,5+,8-,9-,32?/m1/s1. The molecule has 0 saturated carbocycles. The van der Waals surface area contributed by atoms with Gasteiger partial charge in [0.2, 0.25) is 0 Å². The van der Waals surface area contributed by atoms with Crippen LogP contribution in [0.25, 0.3) is 11.2 Å². The summed E-state index contributed by atoms with van der Waals surface area (Å²) in [7, 11) is -15.8. The molecule has 0 aliphatic carbocycles. The first-order valence-electron chi connectivity index (χ1n) is 7.97. The smallest absolute Gasteiger partial charge is 0.385 e. The van der Waals surface area contributed by atoms with Crippen LogP contribution in [0.3, 0.4) is 0 Å². The Labute approximate surface area is 176 Å². The molecule has 18 nitrogen and oxygen atoms in total. The molecule has 1 fully saturated rings. The van der Waals surface area contributed by atoms with E-state index in [2.05, 4.69) is 28.1 Å². The summed E-state index contributed by atoms with van der Waals surface area (Å²) < 4.78 is 71.1. The number of ether oxygens (including phenoxy) is 1. The van der Waals surface area contributed by atoms with E-state index in [1.165, 1.54) is 0 Å². The molecule has 1 aliphatic rings. The van der Waals surface area contributed by atoms with Gasteiger partial charge in [0.25, 0.3) is 0 Å². The fraction of sp³-hybridized carbons (Fsp3) is 0.500. The van der Waals surface area contributed by atoms with Crippen LogP contribution in [-0.4, -0.2) is 70.0 Å². The lowest BCUT2D eigenvalue weighted by Crippen LogP contribution is -2.32. The van der Waals surface area contributed by atoms with Gasteiger partial charge in [-0.15, -0.1) is 0 Å². The monoisotopic (exact) mass is 525 g/mol. The number of aliphatic hydroxyl groups excluding tert-OH is 2. The Bertz CT molecular complexity index is 1160. The Balaban J connectivity index is 1.84. The highest BCUT2D eigenvalue weighted by Crippen LogP contribution is 2.68. The zero-order chi connectivity index (χ0) is 24.1. The van der Waals surface area contributed by atoms with Crippen molar-refractivity contribution in [3.8, 4) is 0 Å².